The zero-order chi connectivity index (χ0) is 91.9. The van der Waals surface area contributed by atoms with E-state index in [1.165, 1.54) is 96.6 Å². The van der Waals surface area contributed by atoms with Crippen molar-refractivity contribution in [3.8, 4) is 23.0 Å². The summed E-state index contributed by atoms with van der Waals surface area (Å²) in [5, 5.41) is 1.58. The number of nitrogens with zero attached hydrogens (tertiary/aromatic N) is 8. The number of likely N-dealkylation sites (tertiary alicyclic amines) is 4. The Morgan fingerprint density at radius 2 is 0.587 bits per heavy atom. The number of benzene rings is 4. The monoisotopic (exact) mass is 1790 g/mol. The molecule has 4 aromatic heterocycles. The second-order valence-corrected chi connectivity index (χ2v) is 38.5. The number of rotatable bonds is 4. The van der Waals surface area contributed by atoms with Crippen LogP contribution in [0.5, 0.6) is 23.0 Å². The molecule has 4 amide bonds. The van der Waals surface area contributed by atoms with Crippen molar-refractivity contribution >= 4 is 115 Å². The first-order valence-corrected chi connectivity index (χ1v) is 42.5. The highest BCUT2D eigenvalue weighted by molar-refractivity contribution is 6.23. The van der Waals surface area contributed by atoms with Gasteiger partial charge >= 0.3 is 48.3 Å². The van der Waals surface area contributed by atoms with Crippen molar-refractivity contribution in [3.05, 3.63) is 141 Å². The number of alkyl halides is 2. The lowest BCUT2D eigenvalue weighted by Crippen LogP contribution is -2.46. The molecule has 0 N–H and O–H groups in total. The van der Waals surface area contributed by atoms with Crippen LogP contribution in [0, 0.1) is 51.0 Å². The maximum Gasteiger partial charge on any atom is 0.411 e. The predicted molar refractivity (Wildman–Crippen MR) is 456 cm³/mol. The normalized spacial score (nSPS) is 23.9. The van der Waals surface area contributed by atoms with E-state index in [1.807, 2.05) is 13.8 Å². The minimum Gasteiger partial charge on any atom is -0.483 e. The Hall–Kier alpha value is -11.0. The van der Waals surface area contributed by atoms with Crippen LogP contribution in [0.3, 0.4) is 0 Å². The van der Waals surface area contributed by atoms with E-state index in [4.69, 9.17) is 80.0 Å². The standard InChI is InChI=1S/2C23H26ClFN2O5.2C23H27FN2O5/c2*1-12-19-18(14-8-13(25)6-7-16(14)26-12)15(24)9-23(31-19)10-17(20(28)30-5)27(11-23)21(29)32-22(2,3)4;2*1-13-19-15(16-10-14(24)6-7-17(16)25-13)8-9-23(30-19)11-18(20(27)29-5)26(12-23)21(28)31-22(2,3)4/h2*6-8,15,17H,9-11H2,1-5H3;2*6-7,10,18H,8-9,11-12H2,1-5H3/t15?,17-,23+;15?,17-,23-;18-,23+;18-,23-/m0000/s1. The van der Waals surface area contributed by atoms with Crippen LogP contribution < -0.4 is 18.9 Å². The summed E-state index contributed by atoms with van der Waals surface area (Å²) in [6.07, 6.45) is 1.60. The van der Waals surface area contributed by atoms with Crippen molar-refractivity contribution in [1.29, 1.82) is 0 Å². The number of aryl methyl sites for hydroxylation is 6. The fourth-order valence-electron chi connectivity index (χ4n) is 18.0. The van der Waals surface area contributed by atoms with Crippen molar-refractivity contribution in [2.45, 2.75) is 255 Å². The van der Waals surface area contributed by atoms with Crippen LogP contribution in [0.4, 0.5) is 36.7 Å². The molecule has 2 unspecified atom stereocenters. The van der Waals surface area contributed by atoms with Gasteiger partial charge in [-0.25, -0.2) is 75.9 Å². The molecule has 12 heterocycles. The number of halogens is 6. The molecule has 0 aliphatic carbocycles. The number of esters is 4. The Bertz CT molecular complexity index is 5360. The highest BCUT2D eigenvalue weighted by Crippen LogP contribution is 2.55. The average Bonchev–Trinajstić information content (AvgIpc) is 1.59. The molecule has 34 heteroatoms. The molecule has 126 heavy (non-hydrogen) atoms. The lowest BCUT2D eigenvalue weighted by molar-refractivity contribution is -0.146. The first-order chi connectivity index (χ1) is 58.9. The number of amides is 4. The summed E-state index contributed by atoms with van der Waals surface area (Å²) in [7, 11) is 5.15. The van der Waals surface area contributed by atoms with E-state index in [-0.39, 0.29) is 50.7 Å². The molecule has 0 bridgehead atoms. The Morgan fingerprint density at radius 3 is 0.849 bits per heavy atom. The molecule has 0 radical (unpaired) electrons. The second kappa shape index (κ2) is 34.6. The summed E-state index contributed by atoms with van der Waals surface area (Å²) in [6, 6.07) is 14.4. The lowest BCUT2D eigenvalue weighted by atomic mass is 9.87. The van der Waals surface area contributed by atoms with Gasteiger partial charge in [0, 0.05) is 82.3 Å². The van der Waals surface area contributed by atoms with Gasteiger partial charge in [-0.3, -0.25) is 19.6 Å². The number of methoxy groups -OCH3 is 4. The number of pyridine rings is 4. The maximum absolute atomic E-state index is 14.0. The lowest BCUT2D eigenvalue weighted by Gasteiger charge is -2.38. The van der Waals surface area contributed by atoms with E-state index in [0.717, 1.165) is 21.9 Å². The number of carbonyl (C=O) groups is 8. The summed E-state index contributed by atoms with van der Waals surface area (Å²) >= 11 is 13.7. The molecule has 16 rings (SSSR count). The van der Waals surface area contributed by atoms with E-state index in [1.54, 1.807) is 121 Å². The van der Waals surface area contributed by atoms with E-state index in [9.17, 15) is 55.9 Å². The molecule has 28 nitrogen and oxygen atoms in total. The van der Waals surface area contributed by atoms with Crippen molar-refractivity contribution in [2.24, 2.45) is 0 Å². The quantitative estimate of drug-likeness (QED) is 0.0684. The van der Waals surface area contributed by atoms with Gasteiger partial charge in [0.25, 0.3) is 0 Å². The smallest absolute Gasteiger partial charge is 0.411 e. The highest BCUT2D eigenvalue weighted by Gasteiger charge is 2.60. The van der Waals surface area contributed by atoms with Gasteiger partial charge in [0.2, 0.25) is 0 Å². The largest absolute Gasteiger partial charge is 0.483 e. The molecule has 8 aromatic rings. The first kappa shape index (κ1) is 92.6. The van der Waals surface area contributed by atoms with E-state index in [0.29, 0.717) is 141 Å². The molecule has 4 aromatic carbocycles. The van der Waals surface area contributed by atoms with Crippen LogP contribution in [0.2, 0.25) is 0 Å². The van der Waals surface area contributed by atoms with Crippen LogP contribution in [-0.4, -0.2) is 211 Å². The first-order valence-electron chi connectivity index (χ1n) is 41.6. The van der Waals surface area contributed by atoms with Gasteiger partial charge < -0.3 is 56.8 Å². The van der Waals surface area contributed by atoms with Crippen molar-refractivity contribution < 1.29 is 113 Å². The number of aromatic nitrogens is 4. The van der Waals surface area contributed by atoms with Gasteiger partial charge in [-0.05, 0) is 209 Å². The molecule has 10 atom stereocenters. The topological polar surface area (TPSA) is 312 Å². The van der Waals surface area contributed by atoms with Gasteiger partial charge in [0.05, 0.1) is 110 Å². The van der Waals surface area contributed by atoms with Crippen LogP contribution in [0.1, 0.15) is 190 Å². The number of ether oxygens (including phenoxy) is 12. The van der Waals surface area contributed by atoms with Gasteiger partial charge in [0.15, 0.2) is 0 Å². The zero-order valence-electron chi connectivity index (χ0n) is 74.3. The minimum absolute atomic E-state index is 0.102. The summed E-state index contributed by atoms with van der Waals surface area (Å²) in [4.78, 5) is 125. The van der Waals surface area contributed by atoms with E-state index >= 15 is 0 Å². The van der Waals surface area contributed by atoms with Gasteiger partial charge in [0.1, 0.15) is 115 Å². The minimum atomic E-state index is -0.928. The van der Waals surface area contributed by atoms with Crippen LogP contribution in [-0.2, 0) is 69.9 Å². The molecule has 4 saturated heterocycles. The van der Waals surface area contributed by atoms with Gasteiger partial charge in [-0.2, -0.15) is 0 Å². The van der Waals surface area contributed by atoms with Crippen molar-refractivity contribution in [3.63, 3.8) is 0 Å². The summed E-state index contributed by atoms with van der Waals surface area (Å²) in [6.45, 7) is 29.1. The molecular weight excluding hydrogens is 1680 g/mol. The molecule has 8 aliphatic rings. The number of fused-ring (bicyclic) bond motifs is 12. The third-order valence-corrected chi connectivity index (χ3v) is 24.0. The second-order valence-electron chi connectivity index (χ2n) is 37.4. The number of hydrogen-bond acceptors (Lipinski definition) is 24. The molecule has 8 aliphatic heterocycles. The molecule has 4 spiro atoms. The fraction of sp³-hybridized carbons (Fsp3) is 0.522. The van der Waals surface area contributed by atoms with Crippen molar-refractivity contribution in [2.75, 3.05) is 54.6 Å². The zero-order valence-corrected chi connectivity index (χ0v) is 75.8. The predicted octanol–water partition coefficient (Wildman–Crippen LogP) is 17.2. The number of carbonyl (C=O) groups excluding carboxylic acids is 8. The van der Waals surface area contributed by atoms with Gasteiger partial charge in [-0.1, -0.05) is 0 Å². The Labute approximate surface area is 737 Å². The fourth-order valence-corrected chi connectivity index (χ4v) is 19.0. The highest BCUT2D eigenvalue weighted by atomic mass is 35.5. The third-order valence-electron chi connectivity index (χ3n) is 23.2. The van der Waals surface area contributed by atoms with E-state index in [2.05, 4.69) is 19.9 Å². The Balaban J connectivity index is 0.000000144. The summed E-state index contributed by atoms with van der Waals surface area (Å²) in [5.74, 6) is -1.44. The number of hydrogen-bond donors (Lipinski definition) is 0. The molecule has 4 fully saturated rings. The van der Waals surface area contributed by atoms with Crippen LogP contribution >= 0.6 is 23.2 Å². The van der Waals surface area contributed by atoms with Crippen molar-refractivity contribution in [1.82, 2.24) is 39.5 Å². The summed E-state index contributed by atoms with van der Waals surface area (Å²) < 4.78 is 123. The maximum atomic E-state index is 14.0. The summed E-state index contributed by atoms with van der Waals surface area (Å²) in [5.41, 5.74) is 2.18. The molecule has 676 valence electrons. The molecular formula is C92H106Cl2F4N8O20. The Morgan fingerprint density at radius 1 is 0.357 bits per heavy atom. The molecule has 0 saturated carbocycles. The Kier molecular flexibility index (Phi) is 25.5. The third kappa shape index (κ3) is 19.3. The van der Waals surface area contributed by atoms with Crippen LogP contribution in [0.25, 0.3) is 43.6 Å². The van der Waals surface area contributed by atoms with Gasteiger partial charge in [-0.15, -0.1) is 23.2 Å². The van der Waals surface area contributed by atoms with Crippen LogP contribution in [0.15, 0.2) is 72.8 Å². The SMILES string of the molecule is COC(=O)[C@@H]1C[C@@]2(CC(Cl)c3c(c(C)nc4ccc(F)cc34)O2)CN1C(=O)OC(C)(C)C.COC(=O)[C@@H]1C[C@@]2(CCc3c(c(C)nc4ccc(F)cc34)O2)CN1C(=O)OC(C)(C)C.COC(=O)[C@@H]1C[C@]2(CC(Cl)c3c(c(C)nc4ccc(F)cc34)O2)CN1C(=O)OC(C)(C)C.COC(=O)[C@@H]1C[C@]2(CCc3c(c(C)nc4ccc(F)cc34)O2)CN1C(=O)OC(C)(C)C. The van der Waals surface area contributed by atoms with E-state index < -0.39 is 140 Å². The average molecular weight is 1790 g/mol.